The number of allylic oxidation sites excluding steroid dienone is 1. The number of benzene rings is 3. The van der Waals surface area contributed by atoms with E-state index in [1.54, 1.807) is 0 Å². The smallest absolute Gasteiger partial charge is 0.213 e. The van der Waals surface area contributed by atoms with E-state index < -0.39 is 0 Å². The summed E-state index contributed by atoms with van der Waals surface area (Å²) in [5, 5.41) is 0. The lowest BCUT2D eigenvalue weighted by molar-refractivity contribution is -0.741. The zero-order chi connectivity index (χ0) is 32.4. The molecule has 0 atom stereocenters. The summed E-state index contributed by atoms with van der Waals surface area (Å²) >= 11 is 0. The minimum Gasteiger partial charge on any atom is -0.264 e. The first kappa shape index (κ1) is 30.5. The highest BCUT2D eigenvalue weighted by molar-refractivity contribution is 5.87. The molecule has 0 aliphatic carbocycles. The van der Waals surface area contributed by atoms with Gasteiger partial charge in [-0.05, 0) is 106 Å². The minimum atomic E-state index is -0.104. The molecule has 0 spiro atoms. The number of nitrogens with zero attached hydrogens (tertiary/aromatic N) is 3. The van der Waals surface area contributed by atoms with Crippen LogP contribution >= 0.6 is 0 Å². The SMILES string of the molecule is C=C1c2ccc(-c3cccc(-c4cc(-c5cccnc5)cc(-c5cncc(CCCC)c5)c4)c3)cc2-c2cccc[n+]2C1(CC)CC. The second-order valence-corrected chi connectivity index (χ2v) is 12.7. The van der Waals surface area contributed by atoms with Crippen LogP contribution in [0.15, 0.2) is 135 Å². The average Bonchev–Trinajstić information content (AvgIpc) is 3.15. The van der Waals surface area contributed by atoms with Crippen molar-refractivity contribution in [2.45, 2.75) is 58.4 Å². The molecule has 232 valence electrons. The van der Waals surface area contributed by atoms with Crippen molar-refractivity contribution < 1.29 is 4.57 Å². The third-order valence-electron chi connectivity index (χ3n) is 10.1. The first-order chi connectivity index (χ1) is 23.0. The molecule has 47 heavy (non-hydrogen) atoms. The van der Waals surface area contributed by atoms with Crippen LogP contribution in [0.25, 0.3) is 61.3 Å². The number of hydrogen-bond acceptors (Lipinski definition) is 2. The molecule has 0 amide bonds. The lowest BCUT2D eigenvalue weighted by Crippen LogP contribution is -2.59. The molecule has 3 heteroatoms. The van der Waals surface area contributed by atoms with Crippen molar-refractivity contribution in [3.05, 3.63) is 146 Å². The lowest BCUT2D eigenvalue weighted by Gasteiger charge is -2.34. The molecule has 1 aliphatic heterocycles. The molecular weight excluding hydrogens is 571 g/mol. The van der Waals surface area contributed by atoms with Crippen LogP contribution in [-0.4, -0.2) is 9.97 Å². The Bertz CT molecular complexity index is 2070. The molecule has 0 radical (unpaired) electrons. The quantitative estimate of drug-likeness (QED) is 0.152. The molecule has 1 aliphatic rings. The highest BCUT2D eigenvalue weighted by Gasteiger charge is 2.46. The Morgan fingerprint density at radius 3 is 2.02 bits per heavy atom. The Labute approximate surface area is 279 Å². The molecular formula is C44H42N3+. The molecule has 6 aromatic rings. The summed E-state index contributed by atoms with van der Waals surface area (Å²) < 4.78 is 2.45. The van der Waals surface area contributed by atoms with Gasteiger partial charge >= 0.3 is 0 Å². The Kier molecular flexibility index (Phi) is 8.39. The van der Waals surface area contributed by atoms with Gasteiger partial charge in [-0.3, -0.25) is 9.97 Å². The van der Waals surface area contributed by atoms with Crippen LogP contribution in [0, 0.1) is 0 Å². The number of aromatic nitrogens is 3. The Hall–Kier alpha value is -5.15. The van der Waals surface area contributed by atoms with Crippen LogP contribution in [0.5, 0.6) is 0 Å². The predicted octanol–water partition coefficient (Wildman–Crippen LogP) is 11.0. The van der Waals surface area contributed by atoms with Gasteiger partial charge in [-0.2, -0.15) is 4.57 Å². The highest BCUT2D eigenvalue weighted by atomic mass is 15.1. The second kappa shape index (κ2) is 12.9. The Balaban J connectivity index is 1.32. The van der Waals surface area contributed by atoms with E-state index in [1.165, 1.54) is 56.6 Å². The van der Waals surface area contributed by atoms with Gasteiger partial charge in [0.05, 0.1) is 5.56 Å². The van der Waals surface area contributed by atoms with Crippen LogP contribution in [-0.2, 0) is 12.0 Å². The van der Waals surface area contributed by atoms with Gasteiger partial charge in [0.1, 0.15) is 0 Å². The summed E-state index contributed by atoms with van der Waals surface area (Å²) in [7, 11) is 0. The van der Waals surface area contributed by atoms with Crippen LogP contribution in [0.3, 0.4) is 0 Å². The highest BCUT2D eigenvalue weighted by Crippen LogP contribution is 2.45. The molecule has 0 fully saturated rings. The van der Waals surface area contributed by atoms with E-state index in [1.807, 2.05) is 30.9 Å². The van der Waals surface area contributed by atoms with Crippen molar-refractivity contribution in [1.29, 1.82) is 0 Å². The van der Waals surface area contributed by atoms with Crippen LogP contribution in [0.4, 0.5) is 0 Å². The van der Waals surface area contributed by atoms with Crippen molar-refractivity contribution in [3.8, 4) is 55.8 Å². The van der Waals surface area contributed by atoms with Crippen LogP contribution in [0.1, 0.15) is 57.6 Å². The van der Waals surface area contributed by atoms with Crippen molar-refractivity contribution >= 4 is 5.57 Å². The first-order valence-electron chi connectivity index (χ1n) is 17.0. The largest absolute Gasteiger partial charge is 0.264 e. The summed E-state index contributed by atoms with van der Waals surface area (Å²) in [6.07, 6.45) is 15.4. The van der Waals surface area contributed by atoms with Crippen molar-refractivity contribution in [1.82, 2.24) is 9.97 Å². The maximum atomic E-state index is 4.66. The van der Waals surface area contributed by atoms with E-state index in [2.05, 4.69) is 139 Å². The third-order valence-corrected chi connectivity index (χ3v) is 10.1. The van der Waals surface area contributed by atoms with Crippen LogP contribution in [0.2, 0.25) is 0 Å². The lowest BCUT2D eigenvalue weighted by atomic mass is 9.75. The molecule has 0 bridgehead atoms. The van der Waals surface area contributed by atoms with E-state index in [4.69, 9.17) is 0 Å². The summed E-state index contributed by atoms with van der Waals surface area (Å²) in [4.78, 5) is 9.05. The molecule has 0 unspecified atom stereocenters. The second-order valence-electron chi connectivity index (χ2n) is 12.7. The van der Waals surface area contributed by atoms with E-state index in [0.29, 0.717) is 0 Å². The molecule has 0 N–H and O–H groups in total. The van der Waals surface area contributed by atoms with Gasteiger partial charge in [0, 0.05) is 66.5 Å². The predicted molar refractivity (Wildman–Crippen MR) is 196 cm³/mol. The van der Waals surface area contributed by atoms with Gasteiger partial charge in [-0.1, -0.05) is 70.2 Å². The topological polar surface area (TPSA) is 29.7 Å². The number of rotatable bonds is 9. The Morgan fingerprint density at radius 1 is 0.596 bits per heavy atom. The van der Waals surface area contributed by atoms with E-state index >= 15 is 0 Å². The molecule has 3 aromatic heterocycles. The number of unbranched alkanes of at least 4 members (excludes halogenated alkanes) is 1. The maximum Gasteiger partial charge on any atom is 0.213 e. The van der Waals surface area contributed by atoms with Crippen molar-refractivity contribution in [2.75, 3.05) is 0 Å². The fourth-order valence-electron chi connectivity index (χ4n) is 7.35. The fraction of sp³-hybridized carbons (Fsp3) is 0.205. The number of hydrogen-bond donors (Lipinski definition) is 0. The van der Waals surface area contributed by atoms with Crippen LogP contribution < -0.4 is 4.57 Å². The maximum absolute atomic E-state index is 4.66. The van der Waals surface area contributed by atoms with E-state index in [0.717, 1.165) is 47.9 Å². The molecule has 0 saturated carbocycles. The van der Waals surface area contributed by atoms with Gasteiger partial charge in [0.2, 0.25) is 5.69 Å². The van der Waals surface area contributed by atoms with Gasteiger partial charge in [0.15, 0.2) is 11.7 Å². The van der Waals surface area contributed by atoms with Crippen molar-refractivity contribution in [2.24, 2.45) is 0 Å². The molecule has 3 nitrogen and oxygen atoms in total. The fourth-order valence-corrected chi connectivity index (χ4v) is 7.35. The summed E-state index contributed by atoms with van der Waals surface area (Å²) in [6.45, 7) is 11.4. The van der Waals surface area contributed by atoms with E-state index in [9.17, 15) is 0 Å². The standard InChI is InChI=1S/C44H42N3/c1-5-8-13-32-22-40(30-46-28-32)39-25-37(24-38(26-39)36-16-12-20-45-29-36)34-15-11-14-33(23-34)35-18-19-41-31(4)44(6-2,7-3)47-21-10-9-17-43(47)42(41)27-35/h9-12,14-30H,4-8,13H2,1-3H3/q+1. The zero-order valence-electron chi connectivity index (χ0n) is 27.7. The molecule has 4 heterocycles. The molecule has 3 aromatic carbocycles. The Morgan fingerprint density at radius 2 is 1.28 bits per heavy atom. The summed E-state index contributed by atoms with van der Waals surface area (Å²) in [5.74, 6) is 0. The summed E-state index contributed by atoms with van der Waals surface area (Å²) in [6, 6.07) is 35.7. The van der Waals surface area contributed by atoms with Gasteiger partial charge < -0.3 is 0 Å². The normalized spacial score (nSPS) is 13.2. The first-order valence-corrected chi connectivity index (χ1v) is 17.0. The monoisotopic (exact) mass is 612 g/mol. The minimum absolute atomic E-state index is 0.104. The average molecular weight is 613 g/mol. The molecule has 7 rings (SSSR count). The van der Waals surface area contributed by atoms with Gasteiger partial charge in [-0.25, -0.2) is 0 Å². The number of fused-ring (bicyclic) bond motifs is 3. The number of pyridine rings is 3. The molecule has 0 saturated heterocycles. The summed E-state index contributed by atoms with van der Waals surface area (Å²) in [5.41, 5.74) is 15.4. The van der Waals surface area contributed by atoms with Gasteiger partial charge in [0.25, 0.3) is 0 Å². The van der Waals surface area contributed by atoms with Crippen molar-refractivity contribution in [3.63, 3.8) is 0 Å². The zero-order valence-corrected chi connectivity index (χ0v) is 27.7. The van der Waals surface area contributed by atoms with Gasteiger partial charge in [-0.15, -0.1) is 0 Å². The van der Waals surface area contributed by atoms with E-state index in [-0.39, 0.29) is 5.54 Å². The third kappa shape index (κ3) is 5.61. The number of aryl methyl sites for hydroxylation is 1.